The van der Waals surface area contributed by atoms with Crippen LogP contribution in [-0.4, -0.2) is 13.1 Å². The molecule has 3 heteroatoms. The highest BCUT2D eigenvalue weighted by Gasteiger charge is 2.17. The Morgan fingerprint density at radius 2 is 2.06 bits per heavy atom. The van der Waals surface area contributed by atoms with E-state index in [-0.39, 0.29) is 11.9 Å². The van der Waals surface area contributed by atoms with Crippen LogP contribution in [0.4, 0.5) is 0 Å². The molecule has 18 heavy (non-hydrogen) atoms. The molecule has 1 aromatic carbocycles. The van der Waals surface area contributed by atoms with Gasteiger partial charge in [0.1, 0.15) is 0 Å². The molecule has 1 rings (SSSR count). The fraction of sp³-hybridized carbons (Fsp3) is 0.467. The number of hydrogen-bond donors (Lipinski definition) is 0. The van der Waals surface area contributed by atoms with E-state index in [4.69, 9.17) is 10.00 Å². The number of carbonyl (C=O) groups is 1. The Bertz CT molecular complexity index is 472. The van der Waals surface area contributed by atoms with Crippen LogP contribution < -0.4 is 0 Å². The molecule has 0 aliphatic heterocycles. The van der Waals surface area contributed by atoms with Crippen molar-refractivity contribution in [3.05, 3.63) is 34.9 Å². The topological polar surface area (TPSA) is 50.1 Å². The highest BCUT2D eigenvalue weighted by Crippen LogP contribution is 2.22. The Morgan fingerprint density at radius 3 is 2.56 bits per heavy atom. The van der Waals surface area contributed by atoms with Gasteiger partial charge in [-0.25, -0.2) is 0 Å². The summed E-state index contributed by atoms with van der Waals surface area (Å²) in [6.07, 6.45) is 0.871. The Balaban J connectivity index is 3.06. The predicted molar refractivity (Wildman–Crippen MR) is 70.1 cm³/mol. The van der Waals surface area contributed by atoms with E-state index in [9.17, 15) is 4.79 Å². The minimum atomic E-state index is -0.338. The molecule has 0 amide bonds. The zero-order valence-corrected chi connectivity index (χ0v) is 11.4. The van der Waals surface area contributed by atoms with Gasteiger partial charge in [-0.15, -0.1) is 0 Å². The van der Waals surface area contributed by atoms with Crippen LogP contribution >= 0.6 is 0 Å². The maximum atomic E-state index is 11.5. The average Bonchev–Trinajstić information content (AvgIpc) is 2.36. The number of esters is 1. The molecular weight excluding hydrogens is 226 g/mol. The first-order valence-electron chi connectivity index (χ1n) is 6.10. The maximum Gasteiger partial charge on any atom is 0.312 e. The molecule has 0 N–H and O–H groups in total. The number of hydrogen-bond acceptors (Lipinski definition) is 3. The van der Waals surface area contributed by atoms with Crippen molar-refractivity contribution in [3.63, 3.8) is 0 Å². The van der Waals surface area contributed by atoms with Crippen molar-refractivity contribution in [2.45, 2.75) is 33.1 Å². The summed E-state index contributed by atoms with van der Waals surface area (Å²) >= 11 is 0. The van der Waals surface area contributed by atoms with Crippen LogP contribution in [-0.2, 0) is 16.0 Å². The molecule has 0 aliphatic rings. The fourth-order valence-electron chi connectivity index (χ4n) is 1.90. The monoisotopic (exact) mass is 245 g/mol. The molecule has 96 valence electrons. The summed E-state index contributed by atoms with van der Waals surface area (Å²) in [6.45, 7) is 6.02. The van der Waals surface area contributed by atoms with E-state index >= 15 is 0 Å². The third kappa shape index (κ3) is 3.33. The van der Waals surface area contributed by atoms with Crippen LogP contribution in [0.5, 0.6) is 0 Å². The lowest BCUT2D eigenvalue weighted by molar-refractivity contribution is -0.141. The zero-order chi connectivity index (χ0) is 13.7. The van der Waals surface area contributed by atoms with Crippen molar-refractivity contribution in [1.82, 2.24) is 0 Å². The van der Waals surface area contributed by atoms with Crippen LogP contribution in [0.15, 0.2) is 18.2 Å². The molecular formula is C15H19NO2. The molecule has 1 aromatic rings. The first-order valence-corrected chi connectivity index (χ1v) is 6.10. The van der Waals surface area contributed by atoms with Crippen molar-refractivity contribution in [3.8, 4) is 6.07 Å². The van der Waals surface area contributed by atoms with Gasteiger partial charge in [0.05, 0.1) is 24.7 Å². The second-order valence-corrected chi connectivity index (χ2v) is 4.87. The summed E-state index contributed by atoms with van der Waals surface area (Å²) in [6, 6.07) is 7.83. The zero-order valence-electron chi connectivity index (χ0n) is 11.4. The van der Waals surface area contributed by atoms with Crippen molar-refractivity contribution < 1.29 is 9.53 Å². The van der Waals surface area contributed by atoms with E-state index in [1.165, 1.54) is 7.11 Å². The largest absolute Gasteiger partial charge is 0.469 e. The average molecular weight is 245 g/mol. The minimum absolute atomic E-state index is 0.282. The van der Waals surface area contributed by atoms with E-state index in [2.05, 4.69) is 19.9 Å². The van der Waals surface area contributed by atoms with Gasteiger partial charge < -0.3 is 4.74 Å². The molecule has 0 aromatic heterocycles. The lowest BCUT2D eigenvalue weighted by atomic mass is 9.93. The molecule has 1 unspecified atom stereocenters. The SMILES string of the molecule is COC(=O)C(C)c1ccc(CC(C)C)c(C#N)c1. The summed E-state index contributed by atoms with van der Waals surface area (Å²) in [5.41, 5.74) is 2.51. The van der Waals surface area contributed by atoms with Gasteiger partial charge in [-0.2, -0.15) is 5.26 Å². The Labute approximate surface area is 108 Å². The molecule has 3 nitrogen and oxygen atoms in total. The Morgan fingerprint density at radius 1 is 1.39 bits per heavy atom. The number of nitrogens with zero attached hydrogens (tertiary/aromatic N) is 1. The summed E-state index contributed by atoms with van der Waals surface area (Å²) in [7, 11) is 1.37. The van der Waals surface area contributed by atoms with Gasteiger partial charge in [0.2, 0.25) is 0 Å². The normalized spacial score (nSPS) is 12.0. The second kappa shape index (κ2) is 6.20. The molecule has 0 radical (unpaired) electrons. The van der Waals surface area contributed by atoms with Gasteiger partial charge in [0.25, 0.3) is 0 Å². The van der Waals surface area contributed by atoms with Gasteiger partial charge in [-0.05, 0) is 36.5 Å². The van der Waals surface area contributed by atoms with E-state index in [0.29, 0.717) is 11.5 Å². The molecule has 0 bridgehead atoms. The summed E-state index contributed by atoms with van der Waals surface area (Å²) < 4.78 is 4.71. The fourth-order valence-corrected chi connectivity index (χ4v) is 1.90. The highest BCUT2D eigenvalue weighted by molar-refractivity contribution is 5.77. The molecule has 0 spiro atoms. The van der Waals surface area contributed by atoms with Crippen LogP contribution in [0, 0.1) is 17.2 Å². The molecule has 1 atom stereocenters. The third-order valence-electron chi connectivity index (χ3n) is 2.94. The summed E-state index contributed by atoms with van der Waals surface area (Å²) in [5.74, 6) is -0.119. The number of carbonyl (C=O) groups excluding carboxylic acids is 1. The van der Waals surface area contributed by atoms with Crippen molar-refractivity contribution in [2.75, 3.05) is 7.11 Å². The summed E-state index contributed by atoms with van der Waals surface area (Å²) in [4.78, 5) is 11.5. The first kappa shape index (κ1) is 14.2. The van der Waals surface area contributed by atoms with Gasteiger partial charge >= 0.3 is 5.97 Å². The van der Waals surface area contributed by atoms with Crippen molar-refractivity contribution in [2.24, 2.45) is 5.92 Å². The van der Waals surface area contributed by atoms with Crippen LogP contribution in [0.2, 0.25) is 0 Å². The maximum absolute atomic E-state index is 11.5. The minimum Gasteiger partial charge on any atom is -0.469 e. The molecule has 0 saturated carbocycles. The summed E-state index contributed by atoms with van der Waals surface area (Å²) in [5, 5.41) is 9.17. The van der Waals surface area contributed by atoms with E-state index in [0.717, 1.165) is 17.5 Å². The lowest BCUT2D eigenvalue weighted by Gasteiger charge is -2.12. The van der Waals surface area contributed by atoms with Crippen molar-refractivity contribution in [1.29, 1.82) is 5.26 Å². The molecule has 0 fully saturated rings. The van der Waals surface area contributed by atoms with Gasteiger partial charge in [0.15, 0.2) is 0 Å². The number of rotatable bonds is 4. The highest BCUT2D eigenvalue weighted by atomic mass is 16.5. The standard InChI is InChI=1S/C15H19NO2/c1-10(2)7-13-6-5-12(8-14(13)9-16)11(3)15(17)18-4/h5-6,8,10-11H,7H2,1-4H3. The first-order chi connectivity index (χ1) is 8.49. The van der Waals surface area contributed by atoms with E-state index in [1.807, 2.05) is 12.1 Å². The van der Waals surface area contributed by atoms with Crippen LogP contribution in [0.3, 0.4) is 0 Å². The predicted octanol–water partition coefficient (Wildman–Crippen LogP) is 3.03. The van der Waals surface area contributed by atoms with Gasteiger partial charge in [0, 0.05) is 0 Å². The lowest BCUT2D eigenvalue weighted by Crippen LogP contribution is -2.11. The molecule has 0 aliphatic carbocycles. The smallest absolute Gasteiger partial charge is 0.312 e. The van der Waals surface area contributed by atoms with Crippen LogP contribution in [0.25, 0.3) is 0 Å². The number of ether oxygens (including phenoxy) is 1. The van der Waals surface area contributed by atoms with Gasteiger partial charge in [-0.1, -0.05) is 26.0 Å². The third-order valence-corrected chi connectivity index (χ3v) is 2.94. The van der Waals surface area contributed by atoms with Gasteiger partial charge in [-0.3, -0.25) is 4.79 Å². The molecule has 0 saturated heterocycles. The van der Waals surface area contributed by atoms with E-state index < -0.39 is 0 Å². The molecule has 0 heterocycles. The number of nitriles is 1. The number of methoxy groups -OCH3 is 1. The van der Waals surface area contributed by atoms with Crippen molar-refractivity contribution >= 4 is 5.97 Å². The quantitative estimate of drug-likeness (QED) is 0.766. The Hall–Kier alpha value is -1.82. The van der Waals surface area contributed by atoms with E-state index in [1.54, 1.807) is 13.0 Å². The second-order valence-electron chi connectivity index (χ2n) is 4.87. The number of benzene rings is 1. The Kier molecular flexibility index (Phi) is 4.91. The van der Waals surface area contributed by atoms with Crippen LogP contribution in [0.1, 0.15) is 43.4 Å².